The molecule has 0 unspecified atom stereocenters. The number of amidine groups is 1. The average Bonchev–Trinajstić information content (AvgIpc) is 1.52. The van der Waals surface area contributed by atoms with Crippen molar-refractivity contribution in [3.63, 3.8) is 0 Å². The number of nitro benzene ring substituents is 4. The second-order valence-corrected chi connectivity index (χ2v) is 32.1. The average molecular weight is 1700 g/mol. The van der Waals surface area contributed by atoms with Crippen molar-refractivity contribution in [3.8, 4) is 84.7 Å². The van der Waals surface area contributed by atoms with Gasteiger partial charge >= 0.3 is 0 Å². The van der Waals surface area contributed by atoms with Gasteiger partial charge in [-0.25, -0.2) is 19.9 Å². The van der Waals surface area contributed by atoms with Crippen molar-refractivity contribution in [1.29, 1.82) is 5.26 Å². The monoisotopic (exact) mass is 1700 g/mol. The van der Waals surface area contributed by atoms with Gasteiger partial charge in [0.25, 0.3) is 22.7 Å². The maximum absolute atomic E-state index is 11.5. The predicted molar refractivity (Wildman–Crippen MR) is 467 cm³/mol. The fraction of sp³-hybridized carbons (Fsp3) is 0.169. The van der Waals surface area contributed by atoms with Crippen LogP contribution < -0.4 is 0 Å². The third-order valence-electron chi connectivity index (χ3n) is 18.6. The van der Waals surface area contributed by atoms with Crippen LogP contribution in [0.4, 0.5) is 22.7 Å². The van der Waals surface area contributed by atoms with E-state index in [1.807, 2.05) is 137 Å². The van der Waals surface area contributed by atoms with Gasteiger partial charge in [0.05, 0.1) is 70.3 Å². The summed E-state index contributed by atoms with van der Waals surface area (Å²) in [6.07, 6.45) is 5.97. The molecule has 8 aromatic carbocycles. The van der Waals surface area contributed by atoms with Gasteiger partial charge < -0.3 is 18.7 Å². The Labute approximate surface area is 703 Å². The normalized spacial score (nSPS) is 11.6. The molecule has 0 amide bonds. The number of nitrogens with zero attached hydrogens (tertiary/aromatic N) is 16. The zero-order valence-corrected chi connectivity index (χ0v) is 69.3. The highest BCUT2D eigenvalue weighted by Gasteiger charge is 2.24. The van der Waals surface area contributed by atoms with Gasteiger partial charge in [0.1, 0.15) is 34.9 Å². The molecule has 15 aromatic rings. The topological polar surface area (TPSA) is 445 Å². The summed E-state index contributed by atoms with van der Waals surface area (Å²) in [6, 6.07) is 46.4. The molecular weight excluding hydrogens is 1630 g/mol. The Kier molecular flexibility index (Phi) is 25.5. The Morgan fingerprint density at radius 3 is 1.33 bits per heavy atom. The van der Waals surface area contributed by atoms with E-state index in [1.54, 1.807) is 30.3 Å². The molecule has 37 heteroatoms. The fourth-order valence-corrected chi connectivity index (χ4v) is 16.0. The highest BCUT2D eigenvalue weighted by atomic mass is 35.5. The lowest BCUT2D eigenvalue weighted by atomic mass is 9.98. The molecule has 1 aliphatic rings. The molecule has 4 N–H and O–H groups in total. The molecule has 0 saturated heterocycles. The summed E-state index contributed by atoms with van der Waals surface area (Å²) < 4.78 is 6.05. The zero-order valence-electron chi connectivity index (χ0n) is 65.3. The van der Waals surface area contributed by atoms with Gasteiger partial charge in [0, 0.05) is 143 Å². The molecule has 0 aliphatic carbocycles. The number of aryl methyl sites for hydroxylation is 5. The molecule has 16 rings (SSSR count). The molecule has 604 valence electrons. The summed E-state index contributed by atoms with van der Waals surface area (Å²) >= 11 is 11.5. The van der Waals surface area contributed by atoms with Crippen LogP contribution >= 0.6 is 58.6 Å². The van der Waals surface area contributed by atoms with Gasteiger partial charge in [-0.2, -0.15) is 5.26 Å². The van der Waals surface area contributed by atoms with Crippen LogP contribution in [0.1, 0.15) is 50.1 Å². The molecule has 1 aliphatic heterocycles. The van der Waals surface area contributed by atoms with Crippen LogP contribution in [-0.2, 0) is 40.3 Å². The molecule has 8 heterocycles. The van der Waals surface area contributed by atoms with E-state index < -0.39 is 19.7 Å². The number of halogens is 1. The number of H-pyrrole nitrogens is 4. The van der Waals surface area contributed by atoms with E-state index in [9.17, 15) is 59.6 Å². The number of aliphatic imine (C=N–C) groups is 2. The number of rotatable bonds is 23. The number of carbonyl (C=O) groups is 4. The number of Topliss-reactive ketones (excluding diaryl/α,β-unsaturated/α-hetero) is 4. The number of nitriles is 1. The summed E-state index contributed by atoms with van der Waals surface area (Å²) in [6.45, 7) is 10.4. The Morgan fingerprint density at radius 2 is 0.858 bits per heavy atom. The number of aromatic amines is 4. The van der Waals surface area contributed by atoms with Crippen LogP contribution in [0.25, 0.3) is 122 Å². The first-order valence-corrected chi connectivity index (χ1v) is 40.7. The SMILES string of the molecule is CC(=O)CSC1=NC(c2cc(-c3cc(Cl)c4c(ccn4C)c3)cc([N+](=O)[O-])c2)=NC1.CC(=O)CSc1n[nH]c(-c2cc(-c3cc(C)c4c(ccn4C)c3)cc([N+](=O)[O-])c2)n1.CC(=O)CSc1n[nH]c(-c2cc(-c3ccc4[nH]c(C#N)cc4c3)cc([N+](=O)[O-])c2)n1.CC(=O)CSc1n[nH]c(-c2cc(-c3ccc4c(c3)c(C)cn4C)cc([N+](=O)[O-])c2)n1. The molecule has 0 radical (unpaired) electrons. The molecule has 0 atom stereocenters. The molecular formula is C83H69ClN20O12S4. The first kappa shape index (κ1) is 84.1. The van der Waals surface area contributed by atoms with E-state index in [2.05, 4.69) is 81.9 Å². The van der Waals surface area contributed by atoms with E-state index in [0.29, 0.717) is 95.2 Å². The minimum absolute atomic E-state index is 0.00342. The lowest BCUT2D eigenvalue weighted by Gasteiger charge is -2.08. The summed E-state index contributed by atoms with van der Waals surface area (Å²) in [7, 11) is 5.90. The van der Waals surface area contributed by atoms with Crippen LogP contribution in [0.15, 0.2) is 196 Å². The van der Waals surface area contributed by atoms with E-state index >= 15 is 0 Å². The lowest BCUT2D eigenvalue weighted by molar-refractivity contribution is -0.385. The van der Waals surface area contributed by atoms with Crippen molar-refractivity contribution in [1.82, 2.24) is 64.2 Å². The van der Waals surface area contributed by atoms with Crippen LogP contribution in [-0.4, -0.2) is 147 Å². The van der Waals surface area contributed by atoms with E-state index in [4.69, 9.17) is 16.9 Å². The van der Waals surface area contributed by atoms with Crippen molar-refractivity contribution >= 4 is 159 Å². The van der Waals surface area contributed by atoms with Crippen molar-refractivity contribution in [3.05, 3.63) is 238 Å². The largest absolute Gasteiger partial charge is 0.350 e. The number of nitro groups is 4. The molecule has 120 heavy (non-hydrogen) atoms. The number of non-ortho nitro benzene ring substituents is 4. The third-order valence-corrected chi connectivity index (χ3v) is 23.0. The number of ketones is 4. The van der Waals surface area contributed by atoms with Gasteiger partial charge in [-0.1, -0.05) is 59.0 Å². The quantitative estimate of drug-likeness (QED) is 0.0262. The number of nitrogens with one attached hydrogen (secondary N) is 4. The second kappa shape index (κ2) is 36.3. The number of hydrogen-bond acceptors (Lipinski definition) is 25. The molecule has 0 saturated carbocycles. The molecule has 0 bridgehead atoms. The minimum atomic E-state index is -0.461. The standard InChI is InChI=1S/C21H17ClN4O3S.2C21H19N5O3S.C20H14N6O3S/c1-12(27)11-30-19-10-23-21(24-19)16-6-14(7-17(8-16)26(28)29)15-5-13-3-4-25(2)20(13)18(22)9-15;1-12-10-25(3)19-5-4-14(9-18(12)19)15-6-16(8-17(7-15)26(28)29)20-22-21(24-23-20)30-11-13(2)27;1-12-6-15(7-14-4-5-25(3)19(12)14)16-8-17(10-18(9-16)26(28)29)20-22-21(24-23-20)30-11-13(2)27;1-11(27)10-30-20-23-19(24-25-20)15-5-13(7-17(8-15)26(28)29)12-2-3-18-14(4-12)6-16(9-21)22-18/h3-9H,10-11H2,1-2H3;2*4-10H,11H2,1-3H3,(H,22,23,24);2-8,22H,10H2,1H3,(H,23,24,25). The summed E-state index contributed by atoms with van der Waals surface area (Å²) in [5, 5.41) is 82.3. The Bertz CT molecular complexity index is 6780. The third kappa shape index (κ3) is 19.9. The highest BCUT2D eigenvalue weighted by molar-refractivity contribution is 8.14. The number of thioether (sulfide) groups is 4. The molecule has 0 spiro atoms. The predicted octanol–water partition coefficient (Wildman–Crippen LogP) is 18.0. The number of hydrogen-bond donors (Lipinski definition) is 4. The Balaban J connectivity index is 0.000000138. The van der Waals surface area contributed by atoms with Gasteiger partial charge in [0.15, 0.2) is 23.3 Å². The number of benzene rings is 8. The summed E-state index contributed by atoms with van der Waals surface area (Å²) in [4.78, 5) is 114. The van der Waals surface area contributed by atoms with E-state index in [0.717, 1.165) is 93.2 Å². The van der Waals surface area contributed by atoms with Crippen LogP contribution in [0.3, 0.4) is 0 Å². The Hall–Kier alpha value is -13.9. The summed E-state index contributed by atoms with van der Waals surface area (Å²) in [5.41, 5.74) is 14.7. The van der Waals surface area contributed by atoms with Crippen molar-refractivity contribution in [2.45, 2.75) is 57.0 Å². The van der Waals surface area contributed by atoms with Crippen LogP contribution in [0.5, 0.6) is 0 Å². The van der Waals surface area contributed by atoms with Crippen molar-refractivity contribution < 1.29 is 38.9 Å². The molecule has 32 nitrogen and oxygen atoms in total. The van der Waals surface area contributed by atoms with Gasteiger partial charge in [-0.05, 0) is 188 Å². The summed E-state index contributed by atoms with van der Waals surface area (Å²) in [5.74, 6) is 2.87. The zero-order chi connectivity index (χ0) is 85.5. The fourth-order valence-electron chi connectivity index (χ4n) is 13.2. The molecule has 7 aromatic heterocycles. The highest BCUT2D eigenvalue weighted by Crippen LogP contribution is 2.40. The number of carbonyl (C=O) groups excluding carboxylic acids is 4. The number of fused-ring (bicyclic) bond motifs is 4. The van der Waals surface area contributed by atoms with Crippen molar-refractivity contribution in [2.75, 3.05) is 29.6 Å². The molecule has 0 fully saturated rings. The van der Waals surface area contributed by atoms with E-state index in [-0.39, 0.29) is 63.1 Å². The maximum Gasteiger partial charge on any atom is 0.270 e. The second-order valence-electron chi connectivity index (χ2n) is 27.8. The van der Waals surface area contributed by atoms with Crippen LogP contribution in [0.2, 0.25) is 5.02 Å². The number of aromatic nitrogens is 13. The maximum atomic E-state index is 11.5. The first-order chi connectivity index (χ1) is 57.4. The van der Waals surface area contributed by atoms with Gasteiger partial charge in [0.2, 0.25) is 15.5 Å². The first-order valence-electron chi connectivity index (χ1n) is 36.4. The minimum Gasteiger partial charge on any atom is -0.350 e. The Morgan fingerprint density at radius 1 is 0.458 bits per heavy atom. The van der Waals surface area contributed by atoms with E-state index in [1.165, 1.54) is 111 Å². The van der Waals surface area contributed by atoms with Crippen LogP contribution in [0, 0.1) is 65.6 Å². The van der Waals surface area contributed by atoms with Crippen molar-refractivity contribution in [2.24, 2.45) is 31.1 Å². The lowest BCUT2D eigenvalue weighted by Crippen LogP contribution is -2.01. The smallest absolute Gasteiger partial charge is 0.270 e. The van der Waals surface area contributed by atoms with Gasteiger partial charge in [-0.3, -0.25) is 79.9 Å². The van der Waals surface area contributed by atoms with Gasteiger partial charge in [-0.15, -0.1) is 27.1 Å².